The van der Waals surface area contributed by atoms with Crippen LogP contribution in [-0.4, -0.2) is 72.7 Å². The molecule has 1 aliphatic rings. The number of amides is 1. The zero-order chi connectivity index (χ0) is 19.8. The van der Waals surface area contributed by atoms with Crippen molar-refractivity contribution >= 4 is 11.9 Å². The minimum Gasteiger partial charge on any atom is -0.480 e. The van der Waals surface area contributed by atoms with Gasteiger partial charge in [-0.15, -0.1) is 0 Å². The number of ether oxygens (including phenoxy) is 1. The lowest BCUT2D eigenvalue weighted by atomic mass is 10.0. The van der Waals surface area contributed by atoms with Gasteiger partial charge in [0.1, 0.15) is 5.75 Å². The number of benzene rings is 1. The fraction of sp³-hybridized carbons (Fsp3) is 0.556. The molecule has 0 unspecified atom stereocenters. The van der Waals surface area contributed by atoms with Gasteiger partial charge >= 0.3 is 12.6 Å². The first-order chi connectivity index (χ1) is 12.8. The fourth-order valence-corrected chi connectivity index (χ4v) is 3.11. The van der Waals surface area contributed by atoms with Crippen LogP contribution in [-0.2, 0) is 16.1 Å². The summed E-state index contributed by atoms with van der Waals surface area (Å²) in [5, 5.41) is 11.7. The zero-order valence-electron chi connectivity index (χ0n) is 15.2. The monoisotopic (exact) mass is 385 g/mol. The Balaban J connectivity index is 1.68. The van der Waals surface area contributed by atoms with Gasteiger partial charge < -0.3 is 15.2 Å². The van der Waals surface area contributed by atoms with Gasteiger partial charge in [0.15, 0.2) is 0 Å². The number of hydrogen-bond acceptors (Lipinski definition) is 5. The highest BCUT2D eigenvalue weighted by atomic mass is 19.3. The number of nitrogens with zero attached hydrogens (tertiary/aromatic N) is 2. The molecule has 1 aromatic carbocycles. The second-order valence-corrected chi connectivity index (χ2v) is 6.62. The summed E-state index contributed by atoms with van der Waals surface area (Å²) >= 11 is 0. The molecule has 0 spiro atoms. The van der Waals surface area contributed by atoms with Gasteiger partial charge in [-0.3, -0.25) is 19.4 Å². The van der Waals surface area contributed by atoms with E-state index in [0.717, 1.165) is 31.5 Å². The van der Waals surface area contributed by atoms with Crippen LogP contribution in [0, 0.1) is 0 Å². The smallest absolute Gasteiger partial charge is 0.387 e. The Labute approximate surface area is 156 Å². The summed E-state index contributed by atoms with van der Waals surface area (Å²) in [6.07, 6.45) is 1.64. The predicted molar refractivity (Wildman–Crippen MR) is 94.6 cm³/mol. The number of alkyl halides is 2. The van der Waals surface area contributed by atoms with E-state index >= 15 is 0 Å². The molecule has 1 aromatic rings. The molecule has 7 nitrogen and oxygen atoms in total. The summed E-state index contributed by atoms with van der Waals surface area (Å²) in [6.45, 7) is -0.771. The molecule has 1 heterocycles. The largest absolute Gasteiger partial charge is 0.480 e. The molecule has 150 valence electrons. The third-order valence-corrected chi connectivity index (χ3v) is 4.57. The van der Waals surface area contributed by atoms with Crippen molar-refractivity contribution in [3.05, 3.63) is 29.8 Å². The molecule has 0 saturated carbocycles. The molecular formula is C18H25F2N3O4. The number of hydrogen-bond donors (Lipinski definition) is 2. The minimum atomic E-state index is -2.86. The van der Waals surface area contributed by atoms with Gasteiger partial charge in [0.25, 0.3) is 0 Å². The number of carbonyl (C=O) groups excluding carboxylic acids is 1. The normalized spacial score (nSPS) is 15.9. The molecule has 27 heavy (non-hydrogen) atoms. The molecule has 1 amide bonds. The Morgan fingerprint density at radius 1 is 1.30 bits per heavy atom. The third kappa shape index (κ3) is 7.48. The van der Waals surface area contributed by atoms with Crippen LogP contribution in [0.4, 0.5) is 8.78 Å². The predicted octanol–water partition coefficient (Wildman–Crippen LogP) is 1.39. The number of carboxylic acids is 1. The maximum absolute atomic E-state index is 12.1. The SMILES string of the molecule is CN(CC(=O)O)C1CCN(CC(=O)NCc2ccc(OC(F)F)cc2)CC1. The van der Waals surface area contributed by atoms with Crippen LogP contribution < -0.4 is 10.1 Å². The molecule has 2 N–H and O–H groups in total. The molecule has 0 aromatic heterocycles. The molecule has 1 fully saturated rings. The number of carbonyl (C=O) groups is 2. The Bertz CT molecular complexity index is 620. The summed E-state index contributed by atoms with van der Waals surface area (Å²) in [4.78, 5) is 26.7. The van der Waals surface area contributed by atoms with Crippen LogP contribution in [0.1, 0.15) is 18.4 Å². The fourth-order valence-electron chi connectivity index (χ4n) is 3.11. The number of likely N-dealkylation sites (N-methyl/N-ethyl adjacent to an activating group) is 1. The van der Waals surface area contributed by atoms with E-state index in [0.29, 0.717) is 6.54 Å². The lowest BCUT2D eigenvalue weighted by molar-refractivity contribution is -0.138. The van der Waals surface area contributed by atoms with Crippen LogP contribution in [0.15, 0.2) is 24.3 Å². The average molecular weight is 385 g/mol. The van der Waals surface area contributed by atoms with Gasteiger partial charge in [-0.05, 0) is 37.6 Å². The molecule has 0 radical (unpaired) electrons. The van der Waals surface area contributed by atoms with E-state index in [1.165, 1.54) is 12.1 Å². The van der Waals surface area contributed by atoms with Crippen LogP contribution in [0.3, 0.4) is 0 Å². The highest BCUT2D eigenvalue weighted by Crippen LogP contribution is 2.16. The van der Waals surface area contributed by atoms with Crippen molar-refractivity contribution in [1.82, 2.24) is 15.1 Å². The summed E-state index contributed by atoms with van der Waals surface area (Å²) < 4.78 is 28.5. The molecule has 0 aliphatic carbocycles. The Morgan fingerprint density at radius 2 is 1.93 bits per heavy atom. The van der Waals surface area contributed by atoms with E-state index < -0.39 is 12.6 Å². The molecule has 2 rings (SSSR count). The van der Waals surface area contributed by atoms with Gasteiger partial charge in [-0.1, -0.05) is 12.1 Å². The van der Waals surface area contributed by atoms with Gasteiger partial charge in [0, 0.05) is 25.7 Å². The van der Waals surface area contributed by atoms with E-state index in [2.05, 4.69) is 10.1 Å². The van der Waals surface area contributed by atoms with Crippen LogP contribution in [0.2, 0.25) is 0 Å². The minimum absolute atomic E-state index is 0.0201. The number of rotatable bonds is 9. The second-order valence-electron chi connectivity index (χ2n) is 6.62. The maximum atomic E-state index is 12.1. The average Bonchev–Trinajstić information content (AvgIpc) is 2.60. The highest BCUT2D eigenvalue weighted by Gasteiger charge is 2.24. The van der Waals surface area contributed by atoms with Crippen LogP contribution in [0.25, 0.3) is 0 Å². The quantitative estimate of drug-likeness (QED) is 0.669. The van der Waals surface area contributed by atoms with Crippen molar-refractivity contribution in [2.45, 2.75) is 32.0 Å². The Kier molecular flexibility index (Phi) is 7.93. The van der Waals surface area contributed by atoms with Gasteiger partial charge in [-0.25, -0.2) is 0 Å². The number of likely N-dealkylation sites (tertiary alicyclic amines) is 1. The third-order valence-electron chi connectivity index (χ3n) is 4.57. The Morgan fingerprint density at radius 3 is 2.48 bits per heavy atom. The van der Waals surface area contributed by atoms with E-state index in [4.69, 9.17) is 5.11 Å². The standard InChI is InChI=1S/C18H25F2N3O4/c1-22(12-17(25)26)14-6-8-23(9-7-14)11-16(24)21-10-13-2-4-15(5-3-13)27-18(19)20/h2-5,14,18H,6-12H2,1H3,(H,21,24)(H,25,26). The lowest BCUT2D eigenvalue weighted by Gasteiger charge is -2.35. The van der Waals surface area contributed by atoms with E-state index in [1.807, 2.05) is 9.80 Å². The van der Waals surface area contributed by atoms with Crippen LogP contribution in [0.5, 0.6) is 5.75 Å². The molecule has 0 atom stereocenters. The molecule has 1 aliphatic heterocycles. The zero-order valence-corrected chi connectivity index (χ0v) is 15.2. The second kappa shape index (κ2) is 10.2. The van der Waals surface area contributed by atoms with Gasteiger partial charge in [0.2, 0.25) is 5.91 Å². The Hall–Kier alpha value is -2.26. The van der Waals surface area contributed by atoms with Crippen molar-refractivity contribution in [3.8, 4) is 5.75 Å². The first kappa shape index (κ1) is 21.0. The first-order valence-electron chi connectivity index (χ1n) is 8.78. The van der Waals surface area contributed by atoms with E-state index in [1.54, 1.807) is 19.2 Å². The number of carboxylic acid groups (broad SMARTS) is 1. The van der Waals surface area contributed by atoms with Crippen LogP contribution >= 0.6 is 0 Å². The lowest BCUT2D eigenvalue weighted by Crippen LogP contribution is -2.47. The van der Waals surface area contributed by atoms with Crippen molar-refractivity contribution in [1.29, 1.82) is 0 Å². The summed E-state index contributed by atoms with van der Waals surface area (Å²) in [7, 11) is 1.80. The summed E-state index contributed by atoms with van der Waals surface area (Å²) in [5.41, 5.74) is 0.791. The number of nitrogens with one attached hydrogen (secondary N) is 1. The first-order valence-corrected chi connectivity index (χ1v) is 8.78. The van der Waals surface area contributed by atoms with E-state index in [-0.39, 0.29) is 30.8 Å². The molecule has 0 bridgehead atoms. The number of halogens is 2. The van der Waals surface area contributed by atoms with Crippen molar-refractivity contribution in [2.75, 3.05) is 33.2 Å². The number of aliphatic carboxylic acids is 1. The van der Waals surface area contributed by atoms with Gasteiger partial charge in [-0.2, -0.15) is 8.78 Å². The molecular weight excluding hydrogens is 360 g/mol. The summed E-state index contributed by atoms with van der Waals surface area (Å²) in [6, 6.07) is 6.34. The summed E-state index contributed by atoms with van der Waals surface area (Å²) in [5.74, 6) is -0.871. The van der Waals surface area contributed by atoms with E-state index in [9.17, 15) is 18.4 Å². The van der Waals surface area contributed by atoms with Crippen molar-refractivity contribution in [2.24, 2.45) is 0 Å². The van der Waals surface area contributed by atoms with Crippen molar-refractivity contribution in [3.63, 3.8) is 0 Å². The topological polar surface area (TPSA) is 82.1 Å². The van der Waals surface area contributed by atoms with Gasteiger partial charge in [0.05, 0.1) is 13.1 Å². The molecule has 9 heteroatoms. The highest BCUT2D eigenvalue weighted by molar-refractivity contribution is 5.78. The van der Waals surface area contributed by atoms with Crippen molar-refractivity contribution < 1.29 is 28.2 Å². The number of piperidine rings is 1. The molecule has 1 saturated heterocycles. The maximum Gasteiger partial charge on any atom is 0.387 e.